The molecule has 0 spiro atoms. The fourth-order valence-corrected chi connectivity index (χ4v) is 3.33. The Morgan fingerprint density at radius 1 is 1.00 bits per heavy atom. The smallest absolute Gasteiger partial charge is 0.0858 e. The topological polar surface area (TPSA) is 30.7 Å². The summed E-state index contributed by atoms with van der Waals surface area (Å²) in [6.07, 6.45) is 3.08. The molecule has 3 aromatic rings. The van der Waals surface area contributed by atoms with E-state index in [1.807, 2.05) is 10.7 Å². The molecule has 0 saturated carbocycles. The van der Waals surface area contributed by atoms with Crippen LogP contribution in [0, 0.1) is 20.8 Å². The lowest BCUT2D eigenvalue weighted by molar-refractivity contribution is 0.647. The molecule has 0 N–H and O–H groups in total. The lowest BCUT2D eigenvalue weighted by Crippen LogP contribution is -2.03. The van der Waals surface area contributed by atoms with Crippen LogP contribution in [0.5, 0.6) is 0 Å². The molecule has 1 atom stereocenters. The molecule has 1 heterocycles. The predicted octanol–water partition coefficient (Wildman–Crippen LogP) is 4.60. The van der Waals surface area contributed by atoms with Gasteiger partial charge in [0.15, 0.2) is 0 Å². The molecule has 0 amide bonds. The van der Waals surface area contributed by atoms with E-state index in [0.717, 1.165) is 18.7 Å². The first-order valence-electron chi connectivity index (χ1n) is 8.53. The number of hydrogen-bond donors (Lipinski definition) is 0. The van der Waals surface area contributed by atoms with Gasteiger partial charge < -0.3 is 0 Å². The van der Waals surface area contributed by atoms with Crippen molar-refractivity contribution in [2.75, 3.05) is 0 Å². The van der Waals surface area contributed by atoms with Crippen LogP contribution >= 0.6 is 0 Å². The summed E-state index contributed by atoms with van der Waals surface area (Å²) in [5.41, 5.74) is 7.81. The highest BCUT2D eigenvalue weighted by atomic mass is 15.4. The summed E-state index contributed by atoms with van der Waals surface area (Å²) in [6.45, 7) is 9.56. The van der Waals surface area contributed by atoms with Gasteiger partial charge in [-0.3, -0.25) is 0 Å². The summed E-state index contributed by atoms with van der Waals surface area (Å²) in [7, 11) is 0. The second-order valence-corrected chi connectivity index (χ2v) is 6.81. The lowest BCUT2D eigenvalue weighted by atomic mass is 9.91. The third-order valence-electron chi connectivity index (χ3n) is 4.60. The maximum atomic E-state index is 4.40. The minimum atomic E-state index is 0.356. The molecule has 3 nitrogen and oxygen atoms in total. The zero-order valence-corrected chi connectivity index (χ0v) is 15.0. The van der Waals surface area contributed by atoms with Gasteiger partial charge >= 0.3 is 0 Å². The molecule has 0 aliphatic heterocycles. The highest BCUT2D eigenvalue weighted by molar-refractivity contribution is 5.38. The lowest BCUT2D eigenvalue weighted by Gasteiger charge is -2.14. The third-order valence-corrected chi connectivity index (χ3v) is 4.60. The highest BCUT2D eigenvalue weighted by Crippen LogP contribution is 2.24. The Morgan fingerprint density at radius 2 is 1.67 bits per heavy atom. The van der Waals surface area contributed by atoms with Crippen LogP contribution in [0.1, 0.15) is 46.4 Å². The second kappa shape index (κ2) is 7.00. The summed E-state index contributed by atoms with van der Waals surface area (Å²) >= 11 is 0. The van der Waals surface area contributed by atoms with Crippen LogP contribution in [-0.2, 0) is 13.0 Å². The van der Waals surface area contributed by atoms with Gasteiger partial charge in [0.05, 0.1) is 12.2 Å². The molecule has 1 unspecified atom stereocenters. The van der Waals surface area contributed by atoms with Crippen molar-refractivity contribution in [3.05, 3.63) is 82.2 Å². The van der Waals surface area contributed by atoms with Crippen molar-refractivity contribution in [2.45, 2.75) is 46.6 Å². The van der Waals surface area contributed by atoms with Crippen LogP contribution in [0.3, 0.4) is 0 Å². The molecule has 1 aromatic heterocycles. The van der Waals surface area contributed by atoms with Gasteiger partial charge in [-0.2, -0.15) is 0 Å². The average molecular weight is 319 g/mol. The third kappa shape index (κ3) is 3.73. The molecule has 0 radical (unpaired) electrons. The van der Waals surface area contributed by atoms with Crippen molar-refractivity contribution in [2.24, 2.45) is 0 Å². The Hall–Kier alpha value is -2.42. The van der Waals surface area contributed by atoms with Gasteiger partial charge in [0.2, 0.25) is 0 Å². The van der Waals surface area contributed by atoms with Crippen molar-refractivity contribution < 1.29 is 0 Å². The normalized spacial score (nSPS) is 12.3. The molecule has 0 aliphatic carbocycles. The van der Waals surface area contributed by atoms with Gasteiger partial charge in [-0.15, -0.1) is 5.10 Å². The Morgan fingerprint density at radius 3 is 2.33 bits per heavy atom. The van der Waals surface area contributed by atoms with E-state index < -0.39 is 0 Å². The summed E-state index contributed by atoms with van der Waals surface area (Å²) in [4.78, 5) is 0. The van der Waals surface area contributed by atoms with Crippen LogP contribution in [-0.4, -0.2) is 15.0 Å². The van der Waals surface area contributed by atoms with E-state index in [9.17, 15) is 0 Å². The monoisotopic (exact) mass is 319 g/mol. The van der Waals surface area contributed by atoms with Gasteiger partial charge in [-0.25, -0.2) is 4.68 Å². The Labute approximate surface area is 144 Å². The molecular formula is C21H25N3. The fraction of sp³-hybridized carbons (Fsp3) is 0.333. The maximum absolute atomic E-state index is 4.40. The Bertz CT molecular complexity index is 795. The SMILES string of the molecule is Cc1cc(C)c(CC(C)c2cn(Cc3ccccc3)nn2)c(C)c1. The summed E-state index contributed by atoms with van der Waals surface area (Å²) < 4.78 is 1.93. The molecule has 24 heavy (non-hydrogen) atoms. The molecule has 0 fully saturated rings. The molecule has 0 saturated heterocycles. The molecule has 124 valence electrons. The van der Waals surface area contributed by atoms with Gasteiger partial charge in [-0.1, -0.05) is 60.2 Å². The molecule has 0 aliphatic rings. The van der Waals surface area contributed by atoms with Crippen molar-refractivity contribution in [3.63, 3.8) is 0 Å². The largest absolute Gasteiger partial charge is 0.248 e. The number of aromatic nitrogens is 3. The van der Waals surface area contributed by atoms with Crippen LogP contribution in [0.25, 0.3) is 0 Å². The summed E-state index contributed by atoms with van der Waals surface area (Å²) in [5.74, 6) is 0.356. The number of nitrogens with zero attached hydrogens (tertiary/aromatic N) is 3. The van der Waals surface area contributed by atoms with Gasteiger partial charge in [0.1, 0.15) is 0 Å². The van der Waals surface area contributed by atoms with E-state index in [4.69, 9.17) is 0 Å². The summed E-state index contributed by atoms with van der Waals surface area (Å²) in [6, 6.07) is 14.9. The van der Waals surface area contributed by atoms with E-state index in [1.54, 1.807) is 0 Å². The van der Waals surface area contributed by atoms with Crippen molar-refractivity contribution in [1.29, 1.82) is 0 Å². The molecular weight excluding hydrogens is 294 g/mol. The Balaban J connectivity index is 1.73. The minimum Gasteiger partial charge on any atom is -0.248 e. The van der Waals surface area contributed by atoms with E-state index in [1.165, 1.54) is 27.8 Å². The van der Waals surface area contributed by atoms with E-state index in [2.05, 4.69) is 80.6 Å². The van der Waals surface area contributed by atoms with Gasteiger partial charge in [0, 0.05) is 12.1 Å². The number of rotatable bonds is 5. The van der Waals surface area contributed by atoms with Crippen molar-refractivity contribution >= 4 is 0 Å². The van der Waals surface area contributed by atoms with E-state index in [-0.39, 0.29) is 0 Å². The minimum absolute atomic E-state index is 0.356. The number of aryl methyl sites for hydroxylation is 3. The average Bonchev–Trinajstić information content (AvgIpc) is 3.00. The fourth-order valence-electron chi connectivity index (χ4n) is 3.33. The zero-order valence-electron chi connectivity index (χ0n) is 15.0. The predicted molar refractivity (Wildman–Crippen MR) is 98.3 cm³/mol. The first kappa shape index (κ1) is 16.4. The number of benzene rings is 2. The quantitative estimate of drug-likeness (QED) is 0.688. The molecule has 0 bridgehead atoms. The van der Waals surface area contributed by atoms with Crippen LogP contribution in [0.2, 0.25) is 0 Å². The standard InChI is InChI=1S/C21H25N3/c1-15-10-16(2)20(17(3)11-15)12-18(4)21-14-24(23-22-21)13-19-8-6-5-7-9-19/h5-11,14,18H,12-13H2,1-4H3. The highest BCUT2D eigenvalue weighted by Gasteiger charge is 2.14. The first-order valence-corrected chi connectivity index (χ1v) is 8.53. The van der Waals surface area contributed by atoms with Crippen molar-refractivity contribution in [3.8, 4) is 0 Å². The van der Waals surface area contributed by atoms with Crippen LogP contribution in [0.4, 0.5) is 0 Å². The van der Waals surface area contributed by atoms with Crippen LogP contribution < -0.4 is 0 Å². The van der Waals surface area contributed by atoms with Crippen LogP contribution in [0.15, 0.2) is 48.7 Å². The van der Waals surface area contributed by atoms with E-state index in [0.29, 0.717) is 5.92 Å². The Kier molecular flexibility index (Phi) is 4.79. The molecule has 3 rings (SSSR count). The molecule has 2 aromatic carbocycles. The van der Waals surface area contributed by atoms with Crippen molar-refractivity contribution in [1.82, 2.24) is 15.0 Å². The zero-order chi connectivity index (χ0) is 17.1. The van der Waals surface area contributed by atoms with Gasteiger partial charge in [0.25, 0.3) is 0 Å². The first-order chi connectivity index (χ1) is 11.5. The number of hydrogen-bond acceptors (Lipinski definition) is 2. The van der Waals surface area contributed by atoms with E-state index >= 15 is 0 Å². The van der Waals surface area contributed by atoms with Gasteiger partial charge in [-0.05, 0) is 49.4 Å². The summed E-state index contributed by atoms with van der Waals surface area (Å²) in [5, 5.41) is 8.70. The molecule has 3 heteroatoms. The maximum Gasteiger partial charge on any atom is 0.0858 e. The second-order valence-electron chi connectivity index (χ2n) is 6.81.